The molecule has 0 saturated carbocycles. The number of phenols is 2. The third kappa shape index (κ3) is 2.05. The van der Waals surface area contributed by atoms with Crippen molar-refractivity contribution in [2.24, 2.45) is 0 Å². The van der Waals surface area contributed by atoms with Crippen LogP contribution in [0, 0.1) is 0 Å². The van der Waals surface area contributed by atoms with Crippen LogP contribution in [0.1, 0.15) is 11.7 Å². The summed E-state index contributed by atoms with van der Waals surface area (Å²) >= 11 is 0. The summed E-state index contributed by atoms with van der Waals surface area (Å²) < 4.78 is 10.5. The Morgan fingerprint density at radius 1 is 1.44 bits per heavy atom. The van der Waals surface area contributed by atoms with Crippen LogP contribution in [0.2, 0.25) is 0 Å². The molecule has 0 radical (unpaired) electrons. The second kappa shape index (κ2) is 4.59. The van der Waals surface area contributed by atoms with Gasteiger partial charge >= 0.3 is 0 Å². The molecule has 0 spiro atoms. The summed E-state index contributed by atoms with van der Waals surface area (Å²) in [7, 11) is 1.44. The van der Waals surface area contributed by atoms with Crippen LogP contribution in [-0.4, -0.2) is 37.0 Å². The molecule has 16 heavy (non-hydrogen) atoms. The average molecular weight is 225 g/mol. The number of aromatic hydroxyl groups is 2. The van der Waals surface area contributed by atoms with Crippen LogP contribution in [0.5, 0.6) is 17.2 Å². The molecule has 0 bridgehead atoms. The zero-order valence-electron chi connectivity index (χ0n) is 9.06. The second-order valence-electron chi connectivity index (χ2n) is 3.65. The fraction of sp³-hybridized carbons (Fsp3) is 0.455. The lowest BCUT2D eigenvalue weighted by Crippen LogP contribution is -2.33. The van der Waals surface area contributed by atoms with E-state index >= 15 is 0 Å². The largest absolute Gasteiger partial charge is 0.504 e. The molecule has 3 N–H and O–H groups in total. The van der Waals surface area contributed by atoms with Crippen LogP contribution in [0.15, 0.2) is 12.1 Å². The molecule has 5 nitrogen and oxygen atoms in total. The molecule has 1 aromatic carbocycles. The summed E-state index contributed by atoms with van der Waals surface area (Å²) in [5.74, 6) is -0.178. The number of rotatable bonds is 2. The van der Waals surface area contributed by atoms with E-state index < -0.39 is 0 Å². The third-order valence-corrected chi connectivity index (χ3v) is 2.60. The van der Waals surface area contributed by atoms with Crippen molar-refractivity contribution in [2.75, 3.05) is 26.8 Å². The molecule has 0 aliphatic carbocycles. The molecule has 1 saturated heterocycles. The van der Waals surface area contributed by atoms with Crippen LogP contribution in [0.3, 0.4) is 0 Å². The van der Waals surface area contributed by atoms with Crippen molar-refractivity contribution < 1.29 is 19.7 Å². The standard InChI is InChI=1S/C11H15NO4/c1-15-9-5-7(4-8(13)11(9)14)10-6-12-2-3-16-10/h4-5,10,12-14H,2-3,6H2,1H3. The number of ether oxygens (including phenoxy) is 2. The number of hydrogen-bond acceptors (Lipinski definition) is 5. The lowest BCUT2D eigenvalue weighted by molar-refractivity contribution is 0.0274. The van der Waals surface area contributed by atoms with Gasteiger partial charge in [-0.15, -0.1) is 0 Å². The summed E-state index contributed by atoms with van der Waals surface area (Å²) in [6.45, 7) is 2.15. The molecule has 1 aliphatic heterocycles. The van der Waals surface area contributed by atoms with Crippen molar-refractivity contribution in [3.8, 4) is 17.2 Å². The predicted molar refractivity (Wildman–Crippen MR) is 57.9 cm³/mol. The highest BCUT2D eigenvalue weighted by atomic mass is 16.5. The van der Waals surface area contributed by atoms with Crippen LogP contribution >= 0.6 is 0 Å². The van der Waals surface area contributed by atoms with Gasteiger partial charge in [-0.3, -0.25) is 0 Å². The highest BCUT2D eigenvalue weighted by Crippen LogP contribution is 2.38. The molecule has 1 atom stereocenters. The summed E-state index contributed by atoms with van der Waals surface area (Å²) in [6.07, 6.45) is -0.117. The maximum absolute atomic E-state index is 9.54. The molecule has 1 heterocycles. The number of phenolic OH excluding ortho intramolecular Hbond substituents is 2. The number of hydrogen-bond donors (Lipinski definition) is 3. The molecule has 5 heteroatoms. The Balaban J connectivity index is 2.29. The zero-order chi connectivity index (χ0) is 11.5. The Hall–Kier alpha value is -1.46. The Kier molecular flexibility index (Phi) is 3.17. The molecule has 1 fully saturated rings. The van der Waals surface area contributed by atoms with Crippen LogP contribution < -0.4 is 10.1 Å². The second-order valence-corrected chi connectivity index (χ2v) is 3.65. The smallest absolute Gasteiger partial charge is 0.200 e. The number of benzene rings is 1. The van der Waals surface area contributed by atoms with Gasteiger partial charge in [0.25, 0.3) is 0 Å². The highest BCUT2D eigenvalue weighted by molar-refractivity contribution is 5.52. The van der Waals surface area contributed by atoms with Gasteiger partial charge in [-0.1, -0.05) is 0 Å². The molecule has 0 aromatic heterocycles. The van der Waals surface area contributed by atoms with Crippen LogP contribution in [0.25, 0.3) is 0 Å². The van der Waals surface area contributed by atoms with Gasteiger partial charge in [-0.05, 0) is 17.7 Å². The van der Waals surface area contributed by atoms with Gasteiger partial charge in [-0.25, -0.2) is 0 Å². The van der Waals surface area contributed by atoms with E-state index in [1.165, 1.54) is 13.2 Å². The minimum Gasteiger partial charge on any atom is -0.504 e. The molecule has 88 valence electrons. The Bertz CT molecular complexity index is 374. The first kappa shape index (κ1) is 11.0. The summed E-state index contributed by atoms with van der Waals surface area (Å²) in [4.78, 5) is 0. The molecular formula is C11H15NO4. The summed E-state index contributed by atoms with van der Waals surface area (Å²) in [5, 5.41) is 22.2. The normalized spacial score (nSPS) is 20.7. The van der Waals surface area contributed by atoms with Crippen molar-refractivity contribution in [1.29, 1.82) is 0 Å². The van der Waals surface area contributed by atoms with Gasteiger partial charge < -0.3 is 25.0 Å². The first-order valence-corrected chi connectivity index (χ1v) is 5.14. The number of morpholine rings is 1. The number of nitrogens with one attached hydrogen (secondary N) is 1. The molecule has 1 unspecified atom stereocenters. The van der Waals surface area contributed by atoms with Gasteiger partial charge in [0.1, 0.15) is 0 Å². The quantitative estimate of drug-likeness (QED) is 0.648. The topological polar surface area (TPSA) is 71.0 Å². The van der Waals surface area contributed by atoms with E-state index in [9.17, 15) is 10.2 Å². The highest BCUT2D eigenvalue weighted by Gasteiger charge is 2.19. The van der Waals surface area contributed by atoms with E-state index in [1.807, 2.05) is 0 Å². The molecule has 0 amide bonds. The predicted octanol–water partition coefficient (Wildman–Crippen LogP) is 0.767. The molecule has 1 aromatic rings. The minimum atomic E-state index is -0.241. The maximum atomic E-state index is 9.54. The van der Waals surface area contributed by atoms with Crippen molar-refractivity contribution in [2.45, 2.75) is 6.10 Å². The van der Waals surface area contributed by atoms with Crippen LogP contribution in [0.4, 0.5) is 0 Å². The van der Waals surface area contributed by atoms with Gasteiger partial charge in [-0.2, -0.15) is 0 Å². The minimum absolute atomic E-state index is 0.117. The van der Waals surface area contributed by atoms with Gasteiger partial charge in [0.2, 0.25) is 5.75 Å². The average Bonchev–Trinajstić information content (AvgIpc) is 2.33. The first-order chi connectivity index (χ1) is 7.72. The van der Waals surface area contributed by atoms with Gasteiger partial charge in [0.05, 0.1) is 19.8 Å². The fourth-order valence-corrected chi connectivity index (χ4v) is 1.73. The lowest BCUT2D eigenvalue weighted by atomic mass is 10.1. The lowest BCUT2D eigenvalue weighted by Gasteiger charge is -2.24. The Labute approximate surface area is 93.6 Å². The maximum Gasteiger partial charge on any atom is 0.200 e. The molecular weight excluding hydrogens is 210 g/mol. The molecule has 1 aliphatic rings. The van der Waals surface area contributed by atoms with E-state index in [4.69, 9.17) is 9.47 Å². The summed E-state index contributed by atoms with van der Waals surface area (Å²) in [5.41, 5.74) is 0.791. The number of methoxy groups -OCH3 is 1. The summed E-state index contributed by atoms with van der Waals surface area (Å²) in [6, 6.07) is 3.17. The van der Waals surface area contributed by atoms with Crippen molar-refractivity contribution in [1.82, 2.24) is 5.32 Å². The third-order valence-electron chi connectivity index (χ3n) is 2.60. The Morgan fingerprint density at radius 3 is 2.88 bits per heavy atom. The van der Waals surface area contributed by atoms with Crippen LogP contribution in [-0.2, 0) is 4.74 Å². The van der Waals surface area contributed by atoms with E-state index in [0.717, 1.165) is 12.1 Å². The molecule has 2 rings (SSSR count). The SMILES string of the molecule is COc1cc(C2CNCCO2)cc(O)c1O. The van der Waals surface area contributed by atoms with E-state index in [1.54, 1.807) is 6.07 Å². The van der Waals surface area contributed by atoms with Crippen molar-refractivity contribution >= 4 is 0 Å². The first-order valence-electron chi connectivity index (χ1n) is 5.14. The van der Waals surface area contributed by atoms with E-state index in [-0.39, 0.29) is 23.4 Å². The fourth-order valence-electron chi connectivity index (χ4n) is 1.73. The monoisotopic (exact) mass is 225 g/mol. The Morgan fingerprint density at radius 2 is 2.25 bits per heavy atom. The zero-order valence-corrected chi connectivity index (χ0v) is 9.06. The van der Waals surface area contributed by atoms with Crippen molar-refractivity contribution in [3.05, 3.63) is 17.7 Å². The van der Waals surface area contributed by atoms with Gasteiger partial charge in [0, 0.05) is 13.1 Å². The van der Waals surface area contributed by atoms with Gasteiger partial charge in [0.15, 0.2) is 11.5 Å². The van der Waals surface area contributed by atoms with Crippen molar-refractivity contribution in [3.63, 3.8) is 0 Å². The van der Waals surface area contributed by atoms with E-state index in [2.05, 4.69) is 5.32 Å². The van der Waals surface area contributed by atoms with E-state index in [0.29, 0.717) is 13.2 Å².